The zero-order valence-electron chi connectivity index (χ0n) is 10.2. The van der Waals surface area contributed by atoms with Crippen LogP contribution in [-0.4, -0.2) is 18.8 Å². The molecule has 0 spiro atoms. The van der Waals surface area contributed by atoms with Crippen molar-refractivity contribution < 1.29 is 9.13 Å². The SMILES string of the molecule is NNC(Cc1ccc(F)c(Cl)c1)C1CCCCO1. The fraction of sp³-hybridized carbons (Fsp3) is 0.538. The lowest BCUT2D eigenvalue weighted by Crippen LogP contribution is -2.47. The van der Waals surface area contributed by atoms with Crippen molar-refractivity contribution in [3.05, 3.63) is 34.6 Å². The van der Waals surface area contributed by atoms with Crippen LogP contribution in [0.15, 0.2) is 18.2 Å². The highest BCUT2D eigenvalue weighted by atomic mass is 35.5. The molecule has 18 heavy (non-hydrogen) atoms. The number of hydrogen-bond donors (Lipinski definition) is 2. The Labute approximate surface area is 111 Å². The van der Waals surface area contributed by atoms with Crippen LogP contribution in [-0.2, 0) is 11.2 Å². The number of hydrazine groups is 1. The quantitative estimate of drug-likeness (QED) is 0.654. The Hall–Kier alpha value is -0.680. The van der Waals surface area contributed by atoms with Gasteiger partial charge in [0.15, 0.2) is 0 Å². The van der Waals surface area contributed by atoms with Gasteiger partial charge in [0.1, 0.15) is 5.82 Å². The number of benzene rings is 1. The van der Waals surface area contributed by atoms with Crippen molar-refractivity contribution in [2.24, 2.45) is 5.84 Å². The number of halogens is 2. The van der Waals surface area contributed by atoms with E-state index in [-0.39, 0.29) is 17.2 Å². The molecule has 0 radical (unpaired) electrons. The van der Waals surface area contributed by atoms with E-state index >= 15 is 0 Å². The van der Waals surface area contributed by atoms with Gasteiger partial charge in [0.05, 0.1) is 17.2 Å². The second-order valence-electron chi connectivity index (χ2n) is 4.63. The Kier molecular flexibility index (Phi) is 4.95. The van der Waals surface area contributed by atoms with Gasteiger partial charge in [-0.05, 0) is 43.4 Å². The lowest BCUT2D eigenvalue weighted by Gasteiger charge is -2.30. The Balaban J connectivity index is 2.02. The second-order valence-corrected chi connectivity index (χ2v) is 5.04. The Morgan fingerprint density at radius 2 is 2.33 bits per heavy atom. The van der Waals surface area contributed by atoms with Crippen molar-refractivity contribution >= 4 is 11.6 Å². The molecular formula is C13H18ClFN2O. The zero-order chi connectivity index (χ0) is 13.0. The summed E-state index contributed by atoms with van der Waals surface area (Å²) < 4.78 is 18.8. The van der Waals surface area contributed by atoms with Crippen LogP contribution >= 0.6 is 11.6 Å². The van der Waals surface area contributed by atoms with E-state index in [1.807, 2.05) is 0 Å². The summed E-state index contributed by atoms with van der Waals surface area (Å²) in [6, 6.07) is 4.79. The summed E-state index contributed by atoms with van der Waals surface area (Å²) >= 11 is 5.77. The summed E-state index contributed by atoms with van der Waals surface area (Å²) in [7, 11) is 0. The van der Waals surface area contributed by atoms with E-state index in [1.54, 1.807) is 12.1 Å². The first kappa shape index (κ1) is 13.7. The average molecular weight is 273 g/mol. The molecule has 3 nitrogen and oxygen atoms in total. The Bertz CT molecular complexity index is 397. The topological polar surface area (TPSA) is 47.3 Å². The molecule has 0 saturated carbocycles. The fourth-order valence-corrected chi connectivity index (χ4v) is 2.50. The number of nitrogens with one attached hydrogen (secondary N) is 1. The molecule has 1 aromatic carbocycles. The van der Waals surface area contributed by atoms with Gasteiger partial charge < -0.3 is 4.74 Å². The first-order valence-corrected chi connectivity index (χ1v) is 6.60. The van der Waals surface area contributed by atoms with Crippen LogP contribution in [0.5, 0.6) is 0 Å². The van der Waals surface area contributed by atoms with Crippen molar-refractivity contribution in [2.45, 2.75) is 37.8 Å². The van der Waals surface area contributed by atoms with Gasteiger partial charge in [0.25, 0.3) is 0 Å². The molecule has 1 aliphatic heterocycles. The van der Waals surface area contributed by atoms with Crippen molar-refractivity contribution in [1.29, 1.82) is 0 Å². The minimum atomic E-state index is -0.397. The summed E-state index contributed by atoms with van der Waals surface area (Å²) in [5.41, 5.74) is 3.75. The van der Waals surface area contributed by atoms with Gasteiger partial charge in [-0.2, -0.15) is 0 Å². The van der Waals surface area contributed by atoms with E-state index in [0.29, 0.717) is 6.42 Å². The minimum absolute atomic E-state index is 0.0341. The highest BCUT2D eigenvalue weighted by molar-refractivity contribution is 6.30. The largest absolute Gasteiger partial charge is 0.377 e. The molecule has 2 atom stereocenters. The molecule has 0 bridgehead atoms. The molecule has 1 fully saturated rings. The van der Waals surface area contributed by atoms with Gasteiger partial charge in [0, 0.05) is 6.61 Å². The fourth-order valence-electron chi connectivity index (χ4n) is 2.30. The van der Waals surface area contributed by atoms with Gasteiger partial charge in [-0.1, -0.05) is 17.7 Å². The standard InChI is InChI=1S/C13H18ClFN2O/c14-10-7-9(4-5-11(10)15)8-12(17-16)13-3-1-2-6-18-13/h4-5,7,12-13,17H,1-3,6,8,16H2. The lowest BCUT2D eigenvalue weighted by molar-refractivity contribution is -0.00744. The molecular weight excluding hydrogens is 255 g/mol. The zero-order valence-corrected chi connectivity index (χ0v) is 10.9. The maximum atomic E-state index is 13.1. The normalized spacial score (nSPS) is 21.8. The van der Waals surface area contributed by atoms with Crippen LogP contribution < -0.4 is 11.3 Å². The van der Waals surface area contributed by atoms with Gasteiger partial charge in [0.2, 0.25) is 0 Å². The maximum absolute atomic E-state index is 13.1. The van der Waals surface area contributed by atoms with Crippen LogP contribution in [0.1, 0.15) is 24.8 Å². The predicted molar refractivity (Wildman–Crippen MR) is 69.8 cm³/mol. The molecule has 2 rings (SSSR count). The minimum Gasteiger partial charge on any atom is -0.377 e. The van der Waals surface area contributed by atoms with E-state index in [0.717, 1.165) is 31.4 Å². The van der Waals surface area contributed by atoms with Crippen LogP contribution in [0.3, 0.4) is 0 Å². The molecule has 3 N–H and O–H groups in total. The van der Waals surface area contributed by atoms with Crippen LogP contribution in [0, 0.1) is 5.82 Å². The summed E-state index contributed by atoms with van der Waals surface area (Å²) in [4.78, 5) is 0. The average Bonchev–Trinajstić information content (AvgIpc) is 2.41. The third kappa shape index (κ3) is 3.42. The monoisotopic (exact) mass is 272 g/mol. The number of hydrogen-bond acceptors (Lipinski definition) is 3. The lowest BCUT2D eigenvalue weighted by atomic mass is 9.96. The highest BCUT2D eigenvalue weighted by Crippen LogP contribution is 2.21. The Morgan fingerprint density at radius 3 is 2.94 bits per heavy atom. The highest BCUT2D eigenvalue weighted by Gasteiger charge is 2.23. The number of ether oxygens (including phenoxy) is 1. The van der Waals surface area contributed by atoms with Crippen molar-refractivity contribution in [3.63, 3.8) is 0 Å². The molecule has 1 aromatic rings. The molecule has 1 heterocycles. The number of rotatable bonds is 4. The van der Waals surface area contributed by atoms with E-state index in [9.17, 15) is 4.39 Å². The van der Waals surface area contributed by atoms with Crippen molar-refractivity contribution in [1.82, 2.24) is 5.43 Å². The Morgan fingerprint density at radius 1 is 1.50 bits per heavy atom. The molecule has 1 aliphatic rings. The van der Waals surface area contributed by atoms with Crippen molar-refractivity contribution in [3.8, 4) is 0 Å². The van der Waals surface area contributed by atoms with E-state index < -0.39 is 5.82 Å². The third-order valence-corrected chi connectivity index (χ3v) is 3.61. The van der Waals surface area contributed by atoms with Gasteiger partial charge >= 0.3 is 0 Å². The summed E-state index contributed by atoms with van der Waals surface area (Å²) in [6.07, 6.45) is 4.07. The molecule has 0 aromatic heterocycles. The first-order chi connectivity index (χ1) is 8.70. The van der Waals surface area contributed by atoms with Crippen LogP contribution in [0.25, 0.3) is 0 Å². The molecule has 1 saturated heterocycles. The van der Waals surface area contributed by atoms with Gasteiger partial charge in [-0.15, -0.1) is 0 Å². The van der Waals surface area contributed by atoms with E-state index in [1.165, 1.54) is 6.07 Å². The summed E-state index contributed by atoms with van der Waals surface area (Å²) in [6.45, 7) is 0.785. The third-order valence-electron chi connectivity index (χ3n) is 3.32. The molecule has 5 heteroatoms. The molecule has 100 valence electrons. The smallest absolute Gasteiger partial charge is 0.141 e. The second kappa shape index (κ2) is 6.48. The van der Waals surface area contributed by atoms with Gasteiger partial charge in [-0.25, -0.2) is 4.39 Å². The molecule has 2 unspecified atom stereocenters. The predicted octanol–water partition coefficient (Wildman–Crippen LogP) is 2.42. The van der Waals surface area contributed by atoms with E-state index in [4.69, 9.17) is 22.2 Å². The molecule has 0 amide bonds. The van der Waals surface area contributed by atoms with Crippen LogP contribution in [0.4, 0.5) is 4.39 Å². The van der Waals surface area contributed by atoms with Crippen LogP contribution in [0.2, 0.25) is 5.02 Å². The van der Waals surface area contributed by atoms with Gasteiger partial charge in [-0.3, -0.25) is 11.3 Å². The molecule has 0 aliphatic carbocycles. The first-order valence-electron chi connectivity index (χ1n) is 6.22. The maximum Gasteiger partial charge on any atom is 0.141 e. The number of nitrogens with two attached hydrogens (primary N) is 1. The van der Waals surface area contributed by atoms with Crippen molar-refractivity contribution in [2.75, 3.05) is 6.61 Å². The van der Waals surface area contributed by atoms with E-state index in [2.05, 4.69) is 5.43 Å². The summed E-state index contributed by atoms with van der Waals surface area (Å²) in [5.74, 6) is 5.19. The summed E-state index contributed by atoms with van der Waals surface area (Å²) in [5, 5.41) is 0.146.